The Bertz CT molecular complexity index is 527. The van der Waals surface area contributed by atoms with E-state index < -0.39 is 20.0 Å². The molecule has 0 spiro atoms. The van der Waals surface area contributed by atoms with Crippen LogP contribution in [0.5, 0.6) is 0 Å². The molecule has 0 aliphatic carbocycles. The van der Waals surface area contributed by atoms with Crippen LogP contribution in [0.15, 0.2) is 0 Å². The Balaban J connectivity index is 4.57. The van der Waals surface area contributed by atoms with E-state index in [0.717, 1.165) is 38.5 Å². The average molecular weight is 481 g/mol. The largest absolute Gasteiger partial charge is 0.756 e. The molecule has 2 N–H and O–H groups in total. The molecule has 8 nitrogen and oxygen atoms in total. The van der Waals surface area contributed by atoms with Crippen LogP contribution in [-0.2, 0) is 18.4 Å². The maximum atomic E-state index is 12.4. The fraction of sp³-hybridized carbons (Fsp3) is 0.957. The van der Waals surface area contributed by atoms with Gasteiger partial charge in [-0.25, -0.2) is 0 Å². The summed E-state index contributed by atoms with van der Waals surface area (Å²) in [6.45, 7) is 4.44. The molecule has 0 aromatic carbocycles. The van der Waals surface area contributed by atoms with Gasteiger partial charge >= 0.3 is 0 Å². The van der Waals surface area contributed by atoms with E-state index in [1.807, 2.05) is 21.1 Å². The summed E-state index contributed by atoms with van der Waals surface area (Å²) >= 11 is 0. The number of phosphoric ester groups is 1. The summed E-state index contributed by atoms with van der Waals surface area (Å²) in [4.78, 5) is 24.5. The fourth-order valence-corrected chi connectivity index (χ4v) is 3.93. The van der Waals surface area contributed by atoms with E-state index in [-0.39, 0.29) is 19.1 Å². The van der Waals surface area contributed by atoms with E-state index in [0.29, 0.717) is 23.9 Å². The number of amides is 1. The second-order valence-electron chi connectivity index (χ2n) is 9.70. The second kappa shape index (κ2) is 17.9. The third-order valence-corrected chi connectivity index (χ3v) is 6.31. The van der Waals surface area contributed by atoms with E-state index in [9.17, 15) is 19.4 Å². The van der Waals surface area contributed by atoms with Crippen molar-refractivity contribution in [3.63, 3.8) is 0 Å². The molecule has 1 amide bonds. The van der Waals surface area contributed by atoms with Crippen molar-refractivity contribution in [3.8, 4) is 0 Å². The summed E-state index contributed by atoms with van der Waals surface area (Å²) in [5.41, 5.74) is 0. The molecule has 32 heavy (non-hydrogen) atoms. The molecule has 0 bridgehead atoms. The number of carbonyl (C=O) groups excluding carboxylic acids is 1. The Labute approximate surface area is 196 Å². The highest BCUT2D eigenvalue weighted by molar-refractivity contribution is 7.45. The minimum absolute atomic E-state index is 0.0125. The van der Waals surface area contributed by atoms with Gasteiger partial charge in [0.2, 0.25) is 5.91 Å². The smallest absolute Gasteiger partial charge is 0.268 e. The third kappa shape index (κ3) is 19.0. The molecule has 0 saturated heterocycles. The molecule has 0 aliphatic rings. The molecule has 0 saturated carbocycles. The van der Waals surface area contributed by atoms with Crippen molar-refractivity contribution in [3.05, 3.63) is 0 Å². The Morgan fingerprint density at radius 1 is 0.969 bits per heavy atom. The Morgan fingerprint density at radius 3 is 2.12 bits per heavy atom. The molecule has 0 rings (SSSR count). The number of aliphatic hydroxyl groups excluding tert-OH is 1. The van der Waals surface area contributed by atoms with Crippen LogP contribution in [0, 0.1) is 0 Å². The number of unbranched alkanes of at least 4 members (excludes halogenated alkanes) is 8. The van der Waals surface area contributed by atoms with Crippen LogP contribution in [0.4, 0.5) is 0 Å². The number of nitrogens with one attached hydrogen (secondary N) is 1. The zero-order chi connectivity index (χ0) is 24.5. The molecule has 0 aromatic heterocycles. The first-order valence-electron chi connectivity index (χ1n) is 12.4. The lowest BCUT2D eigenvalue weighted by atomic mass is 10.0. The van der Waals surface area contributed by atoms with Gasteiger partial charge in [0.05, 0.1) is 39.9 Å². The lowest BCUT2D eigenvalue weighted by molar-refractivity contribution is -0.870. The summed E-state index contributed by atoms with van der Waals surface area (Å²) in [5, 5.41) is 13.3. The molecule has 0 heterocycles. The van der Waals surface area contributed by atoms with Gasteiger partial charge in [0.1, 0.15) is 13.2 Å². The van der Waals surface area contributed by atoms with Crippen LogP contribution >= 0.6 is 7.82 Å². The molecular weight excluding hydrogens is 431 g/mol. The number of phosphoric acid groups is 1. The molecule has 3 unspecified atom stereocenters. The summed E-state index contributed by atoms with van der Waals surface area (Å²) < 4.78 is 22.6. The van der Waals surface area contributed by atoms with Gasteiger partial charge in [0.15, 0.2) is 0 Å². The van der Waals surface area contributed by atoms with E-state index >= 15 is 0 Å². The highest BCUT2D eigenvalue weighted by Crippen LogP contribution is 2.38. The Hall–Kier alpha value is -0.500. The average Bonchev–Trinajstić information content (AvgIpc) is 2.69. The normalized spacial score (nSPS) is 15.8. The monoisotopic (exact) mass is 480 g/mol. The maximum Gasteiger partial charge on any atom is 0.268 e. The van der Waals surface area contributed by atoms with Crippen molar-refractivity contribution in [2.24, 2.45) is 0 Å². The molecule has 0 fully saturated rings. The first-order chi connectivity index (χ1) is 15.0. The summed E-state index contributed by atoms with van der Waals surface area (Å²) in [6, 6.07) is -0.784. The van der Waals surface area contributed by atoms with Crippen molar-refractivity contribution in [2.75, 3.05) is 40.9 Å². The van der Waals surface area contributed by atoms with Gasteiger partial charge in [-0.15, -0.1) is 0 Å². The van der Waals surface area contributed by atoms with Crippen LogP contribution in [0.3, 0.4) is 0 Å². The molecular formula is C23H49N2O6P. The molecule has 0 radical (unpaired) electrons. The highest BCUT2D eigenvalue weighted by atomic mass is 31.2. The first kappa shape index (κ1) is 31.5. The van der Waals surface area contributed by atoms with E-state index in [1.54, 1.807) is 0 Å². The summed E-state index contributed by atoms with van der Waals surface area (Å²) in [7, 11) is 1.29. The number of aliphatic hydroxyl groups is 1. The number of hydrogen-bond acceptors (Lipinski definition) is 6. The van der Waals surface area contributed by atoms with Gasteiger partial charge in [-0.2, -0.15) is 0 Å². The predicted octanol–water partition coefficient (Wildman–Crippen LogP) is 3.76. The van der Waals surface area contributed by atoms with Gasteiger partial charge in [0.25, 0.3) is 7.82 Å². The van der Waals surface area contributed by atoms with Crippen molar-refractivity contribution in [2.45, 2.75) is 103 Å². The minimum atomic E-state index is -4.51. The molecule has 3 atom stereocenters. The summed E-state index contributed by atoms with van der Waals surface area (Å²) in [5.74, 6) is -0.187. The Morgan fingerprint density at radius 2 is 1.53 bits per heavy atom. The lowest BCUT2D eigenvalue weighted by Gasteiger charge is -2.30. The van der Waals surface area contributed by atoms with E-state index in [4.69, 9.17) is 9.05 Å². The van der Waals surface area contributed by atoms with Crippen molar-refractivity contribution < 1.29 is 32.9 Å². The molecule has 0 aliphatic heterocycles. The van der Waals surface area contributed by atoms with Crippen LogP contribution in [0.2, 0.25) is 0 Å². The SMILES string of the molecule is CCCCCCCCCC(=O)NC(COP(=O)([O-])OCC[N+](C)(C)C)C(O)CCCCC. The zero-order valence-electron chi connectivity index (χ0n) is 21.1. The zero-order valence-corrected chi connectivity index (χ0v) is 22.0. The second-order valence-corrected chi connectivity index (χ2v) is 11.1. The van der Waals surface area contributed by atoms with Crippen molar-refractivity contribution in [1.82, 2.24) is 5.32 Å². The fourth-order valence-electron chi connectivity index (χ4n) is 3.21. The van der Waals surface area contributed by atoms with Crippen molar-refractivity contribution >= 4 is 13.7 Å². The quantitative estimate of drug-likeness (QED) is 0.147. The minimum Gasteiger partial charge on any atom is -0.756 e. The summed E-state index contributed by atoms with van der Waals surface area (Å²) in [6.07, 6.45) is 10.5. The highest BCUT2D eigenvalue weighted by Gasteiger charge is 2.24. The van der Waals surface area contributed by atoms with Crippen LogP contribution in [0.1, 0.15) is 90.9 Å². The van der Waals surface area contributed by atoms with E-state index in [2.05, 4.69) is 19.2 Å². The number of quaternary nitrogens is 1. The van der Waals surface area contributed by atoms with Gasteiger partial charge in [-0.05, 0) is 12.8 Å². The predicted molar refractivity (Wildman–Crippen MR) is 127 cm³/mol. The van der Waals surface area contributed by atoms with Crippen molar-refractivity contribution in [1.29, 1.82) is 0 Å². The van der Waals surface area contributed by atoms with Gasteiger partial charge in [0, 0.05) is 6.42 Å². The van der Waals surface area contributed by atoms with Crippen LogP contribution in [0.25, 0.3) is 0 Å². The number of rotatable bonds is 21. The van der Waals surface area contributed by atoms with Gasteiger partial charge in [-0.3, -0.25) is 9.36 Å². The van der Waals surface area contributed by atoms with Gasteiger partial charge < -0.3 is 28.8 Å². The number of nitrogens with zero attached hydrogens (tertiary/aromatic N) is 1. The Kier molecular flexibility index (Phi) is 17.6. The van der Waals surface area contributed by atoms with Crippen LogP contribution in [-0.4, -0.2) is 68.5 Å². The first-order valence-corrected chi connectivity index (χ1v) is 13.8. The molecule has 192 valence electrons. The molecule has 9 heteroatoms. The maximum absolute atomic E-state index is 12.4. The van der Waals surface area contributed by atoms with E-state index in [1.165, 1.54) is 25.7 Å². The number of likely N-dealkylation sites (N-methyl/N-ethyl adjacent to an activating group) is 1. The number of hydrogen-bond donors (Lipinski definition) is 2. The van der Waals surface area contributed by atoms with Gasteiger partial charge in [-0.1, -0.05) is 71.6 Å². The lowest BCUT2D eigenvalue weighted by Crippen LogP contribution is -2.46. The topological polar surface area (TPSA) is 108 Å². The third-order valence-electron chi connectivity index (χ3n) is 5.35. The molecule has 0 aromatic rings. The standard InChI is InChI=1S/C23H49N2O6P/c1-6-8-10-11-12-13-15-17-23(27)24-21(22(26)16-14-9-7-2)20-31-32(28,29)30-19-18-25(3,4)5/h21-22,26H,6-20H2,1-5H3,(H-,24,27,28,29). The number of carbonyl (C=O) groups is 1. The van der Waals surface area contributed by atoms with Crippen LogP contribution < -0.4 is 10.2 Å².